The standard InChI is InChI=1S/C30H28ClN7O3/c31-22-11-12-24-25(13-14-32-26(24)17-22)33-15-16-38-19-23(36-37-38)18-34-30(41)28(39)27(20-7-3-1-4-8-20)35-29(40)21-9-5-2-6-10-21/h1-14,17,19,27-28,39H,15-16,18H2,(H,32,33)(H,34,41)(H,35,40)/t27-,28+/m0/s1. The molecule has 5 aromatic rings. The number of benzene rings is 3. The summed E-state index contributed by atoms with van der Waals surface area (Å²) >= 11 is 6.07. The molecule has 41 heavy (non-hydrogen) atoms. The summed E-state index contributed by atoms with van der Waals surface area (Å²) in [5.74, 6) is -1.04. The van der Waals surface area contributed by atoms with E-state index in [1.54, 1.807) is 71.7 Å². The van der Waals surface area contributed by atoms with E-state index >= 15 is 0 Å². The van der Waals surface area contributed by atoms with Gasteiger partial charge in [0.1, 0.15) is 5.69 Å². The quantitative estimate of drug-likeness (QED) is 0.190. The average molecular weight is 570 g/mol. The lowest BCUT2D eigenvalue weighted by Crippen LogP contribution is -2.45. The molecule has 0 aliphatic heterocycles. The highest BCUT2D eigenvalue weighted by molar-refractivity contribution is 6.31. The molecular formula is C30H28ClN7O3. The van der Waals surface area contributed by atoms with Crippen molar-refractivity contribution >= 4 is 40.0 Å². The number of carbonyl (C=O) groups is 2. The van der Waals surface area contributed by atoms with E-state index in [4.69, 9.17) is 11.6 Å². The number of hydrogen-bond acceptors (Lipinski definition) is 7. The third-order valence-electron chi connectivity index (χ3n) is 6.46. The molecule has 0 saturated heterocycles. The first kappa shape index (κ1) is 27.8. The van der Waals surface area contributed by atoms with E-state index in [1.165, 1.54) is 0 Å². The second-order valence-electron chi connectivity index (χ2n) is 9.31. The van der Waals surface area contributed by atoms with Crippen LogP contribution in [0.25, 0.3) is 10.9 Å². The highest BCUT2D eigenvalue weighted by Gasteiger charge is 2.29. The van der Waals surface area contributed by atoms with Gasteiger partial charge in [-0.2, -0.15) is 0 Å². The van der Waals surface area contributed by atoms with Crippen LogP contribution in [0.15, 0.2) is 97.3 Å². The summed E-state index contributed by atoms with van der Waals surface area (Å²) in [6.45, 7) is 1.17. The van der Waals surface area contributed by atoms with Crippen molar-refractivity contribution in [1.29, 1.82) is 0 Å². The third kappa shape index (κ3) is 7.05. The van der Waals surface area contributed by atoms with Crippen molar-refractivity contribution in [3.63, 3.8) is 0 Å². The molecule has 0 saturated carbocycles. The zero-order valence-corrected chi connectivity index (χ0v) is 22.7. The zero-order valence-electron chi connectivity index (χ0n) is 21.9. The number of rotatable bonds is 11. The van der Waals surface area contributed by atoms with E-state index in [0.717, 1.165) is 16.6 Å². The predicted octanol–water partition coefficient (Wildman–Crippen LogP) is 3.74. The Balaban J connectivity index is 1.16. The van der Waals surface area contributed by atoms with Gasteiger partial charge in [0, 0.05) is 34.4 Å². The Morgan fingerprint density at radius 1 is 0.976 bits per heavy atom. The highest BCUT2D eigenvalue weighted by Crippen LogP contribution is 2.24. The Labute approximate surface area is 241 Å². The van der Waals surface area contributed by atoms with Crippen LogP contribution >= 0.6 is 11.6 Å². The van der Waals surface area contributed by atoms with Crippen LogP contribution in [0, 0.1) is 0 Å². The Hall–Kier alpha value is -4.80. The second-order valence-corrected chi connectivity index (χ2v) is 9.75. The van der Waals surface area contributed by atoms with Crippen LogP contribution in [0.1, 0.15) is 27.7 Å². The maximum atomic E-state index is 12.9. The number of nitrogens with zero attached hydrogens (tertiary/aromatic N) is 4. The molecule has 10 nitrogen and oxygen atoms in total. The number of halogens is 1. The molecule has 3 aromatic carbocycles. The van der Waals surface area contributed by atoms with Crippen LogP contribution in [0.4, 0.5) is 5.69 Å². The van der Waals surface area contributed by atoms with Gasteiger partial charge in [0.2, 0.25) is 0 Å². The molecule has 4 N–H and O–H groups in total. The topological polar surface area (TPSA) is 134 Å². The normalized spacial score (nSPS) is 12.4. The van der Waals surface area contributed by atoms with Crippen LogP contribution in [0.2, 0.25) is 5.02 Å². The lowest BCUT2D eigenvalue weighted by atomic mass is 10.00. The number of hydrogen-bond donors (Lipinski definition) is 4. The van der Waals surface area contributed by atoms with Gasteiger partial charge in [0.25, 0.3) is 11.8 Å². The monoisotopic (exact) mass is 569 g/mol. The number of aliphatic hydroxyl groups is 1. The van der Waals surface area contributed by atoms with E-state index in [-0.39, 0.29) is 6.54 Å². The van der Waals surface area contributed by atoms with Crippen LogP contribution in [-0.4, -0.2) is 49.5 Å². The highest BCUT2D eigenvalue weighted by atomic mass is 35.5. The fourth-order valence-electron chi connectivity index (χ4n) is 4.36. The minimum atomic E-state index is -1.53. The largest absolute Gasteiger partial charge is 0.383 e. The Kier molecular flexibility index (Phi) is 8.82. The Morgan fingerprint density at radius 3 is 2.51 bits per heavy atom. The van der Waals surface area contributed by atoms with Gasteiger partial charge in [0.15, 0.2) is 6.10 Å². The first-order valence-corrected chi connectivity index (χ1v) is 13.4. The van der Waals surface area contributed by atoms with Gasteiger partial charge in [-0.15, -0.1) is 5.10 Å². The summed E-state index contributed by atoms with van der Waals surface area (Å²) < 4.78 is 1.66. The van der Waals surface area contributed by atoms with Gasteiger partial charge >= 0.3 is 0 Å². The van der Waals surface area contributed by atoms with Crippen molar-refractivity contribution < 1.29 is 14.7 Å². The molecule has 0 bridgehead atoms. The number of aliphatic hydroxyl groups excluding tert-OH is 1. The molecule has 11 heteroatoms. The van der Waals surface area contributed by atoms with E-state index in [9.17, 15) is 14.7 Å². The number of aromatic nitrogens is 4. The zero-order chi connectivity index (χ0) is 28.6. The van der Waals surface area contributed by atoms with Gasteiger partial charge < -0.3 is 21.1 Å². The van der Waals surface area contributed by atoms with Crippen LogP contribution < -0.4 is 16.0 Å². The number of anilines is 1. The van der Waals surface area contributed by atoms with E-state index < -0.39 is 24.0 Å². The van der Waals surface area contributed by atoms with Gasteiger partial charge in [-0.25, -0.2) is 0 Å². The maximum absolute atomic E-state index is 12.9. The second kappa shape index (κ2) is 13.0. The van der Waals surface area contributed by atoms with Crippen molar-refractivity contribution in [3.8, 4) is 0 Å². The first-order valence-electron chi connectivity index (χ1n) is 13.0. The molecule has 2 heterocycles. The molecular weight excluding hydrogens is 542 g/mol. The fraction of sp³-hybridized carbons (Fsp3) is 0.167. The number of pyridine rings is 1. The Bertz CT molecular complexity index is 1630. The van der Waals surface area contributed by atoms with E-state index in [0.29, 0.717) is 34.9 Å². The SMILES string of the molecule is O=C(N[C@@H](c1ccccc1)[C@@H](O)C(=O)NCc1cn(CCNc2ccnc3cc(Cl)ccc23)nn1)c1ccccc1. The molecule has 0 spiro atoms. The van der Waals surface area contributed by atoms with Crippen molar-refractivity contribution in [3.05, 3.63) is 119 Å². The molecule has 0 aliphatic carbocycles. The molecule has 0 fully saturated rings. The van der Waals surface area contributed by atoms with Gasteiger partial charge in [-0.05, 0) is 42.0 Å². The lowest BCUT2D eigenvalue weighted by Gasteiger charge is -2.24. The smallest absolute Gasteiger partial charge is 0.251 e. The molecule has 208 valence electrons. The number of fused-ring (bicyclic) bond motifs is 1. The summed E-state index contributed by atoms with van der Waals surface area (Å²) in [6.07, 6.45) is 1.92. The molecule has 0 unspecified atom stereocenters. The van der Waals surface area contributed by atoms with Crippen LogP contribution in [0.3, 0.4) is 0 Å². The van der Waals surface area contributed by atoms with Gasteiger partial charge in [-0.3, -0.25) is 19.3 Å². The summed E-state index contributed by atoms with van der Waals surface area (Å²) in [7, 11) is 0. The van der Waals surface area contributed by atoms with Crippen molar-refractivity contribution in [2.24, 2.45) is 0 Å². The summed E-state index contributed by atoms with van der Waals surface area (Å²) in [5.41, 5.74) is 3.29. The minimum Gasteiger partial charge on any atom is -0.383 e. The summed E-state index contributed by atoms with van der Waals surface area (Å²) in [4.78, 5) is 30.1. The minimum absolute atomic E-state index is 0.0627. The fourth-order valence-corrected chi connectivity index (χ4v) is 4.53. The lowest BCUT2D eigenvalue weighted by molar-refractivity contribution is -0.130. The molecule has 2 aromatic heterocycles. The number of nitrogens with one attached hydrogen (secondary N) is 3. The molecule has 5 rings (SSSR count). The average Bonchev–Trinajstić information content (AvgIpc) is 3.46. The van der Waals surface area contributed by atoms with Gasteiger partial charge in [-0.1, -0.05) is 65.3 Å². The summed E-state index contributed by atoms with van der Waals surface area (Å²) in [6, 6.07) is 24.0. The van der Waals surface area contributed by atoms with Crippen LogP contribution in [-0.2, 0) is 17.9 Å². The maximum Gasteiger partial charge on any atom is 0.251 e. The molecule has 2 atom stereocenters. The summed E-state index contributed by atoms with van der Waals surface area (Å²) in [5, 5.41) is 29.6. The van der Waals surface area contributed by atoms with Crippen LogP contribution in [0.5, 0.6) is 0 Å². The number of amides is 2. The first-order chi connectivity index (χ1) is 20.0. The molecule has 2 amide bonds. The molecule has 0 aliphatic rings. The predicted molar refractivity (Wildman–Crippen MR) is 156 cm³/mol. The van der Waals surface area contributed by atoms with Gasteiger partial charge in [0.05, 0.1) is 30.8 Å². The van der Waals surface area contributed by atoms with Crippen molar-refractivity contribution in [1.82, 2.24) is 30.6 Å². The molecule has 0 radical (unpaired) electrons. The van der Waals surface area contributed by atoms with Crippen molar-refractivity contribution in [2.75, 3.05) is 11.9 Å². The third-order valence-corrected chi connectivity index (χ3v) is 6.69. The van der Waals surface area contributed by atoms with Crippen molar-refractivity contribution in [2.45, 2.75) is 25.2 Å². The number of carbonyl (C=O) groups excluding carboxylic acids is 2. The van der Waals surface area contributed by atoms with E-state index in [2.05, 4.69) is 31.2 Å². The Morgan fingerprint density at radius 2 is 1.73 bits per heavy atom. The van der Waals surface area contributed by atoms with E-state index in [1.807, 2.05) is 30.3 Å².